The van der Waals surface area contributed by atoms with Gasteiger partial charge in [0.15, 0.2) is 0 Å². The van der Waals surface area contributed by atoms with Crippen LogP contribution in [0.5, 0.6) is 0 Å². The summed E-state index contributed by atoms with van der Waals surface area (Å²) in [4.78, 5) is 16.1. The van der Waals surface area contributed by atoms with Crippen LogP contribution in [0.4, 0.5) is 0 Å². The molecule has 3 aromatic heterocycles. The highest BCUT2D eigenvalue weighted by atomic mass is 15.1. The van der Waals surface area contributed by atoms with E-state index in [2.05, 4.69) is 82.9 Å². The fraction of sp³-hybridized carbons (Fsp3) is 0.261. The van der Waals surface area contributed by atoms with Crippen LogP contribution in [0, 0.1) is 6.92 Å². The van der Waals surface area contributed by atoms with Crippen molar-refractivity contribution in [3.63, 3.8) is 0 Å². The van der Waals surface area contributed by atoms with Gasteiger partial charge in [0, 0.05) is 24.5 Å². The molecule has 0 radical (unpaired) electrons. The minimum Gasteiger partial charge on any atom is -0.305 e. The predicted octanol–water partition coefficient (Wildman–Crippen LogP) is 4.39. The number of aromatic nitrogens is 4. The second-order valence-corrected chi connectivity index (χ2v) is 7.35. The molecule has 0 saturated heterocycles. The summed E-state index contributed by atoms with van der Waals surface area (Å²) in [5.41, 5.74) is 7.42. The van der Waals surface area contributed by atoms with Gasteiger partial charge in [-0.15, -0.1) is 0 Å². The number of hydrogen-bond acceptors (Lipinski definition) is 4. The van der Waals surface area contributed by atoms with Crippen molar-refractivity contribution in [1.82, 2.24) is 24.3 Å². The third-order valence-electron chi connectivity index (χ3n) is 4.84. The van der Waals surface area contributed by atoms with Crippen molar-refractivity contribution in [3.8, 4) is 22.6 Å². The van der Waals surface area contributed by atoms with Gasteiger partial charge in [0.25, 0.3) is 0 Å². The van der Waals surface area contributed by atoms with E-state index in [1.807, 2.05) is 13.0 Å². The van der Waals surface area contributed by atoms with E-state index in [0.29, 0.717) is 0 Å². The molecular weight excluding hydrogens is 346 g/mol. The van der Waals surface area contributed by atoms with Crippen LogP contribution in [0.15, 0.2) is 54.9 Å². The molecule has 0 saturated carbocycles. The summed E-state index contributed by atoms with van der Waals surface area (Å²) in [5.74, 6) is 0.754. The standard InChI is InChI=1S/C23H25N5/c1-5-17-6-8-19(9-7-17)22-23(20-10-12-24-16(2)25-20)28-13-11-18(15-27(3)4)14-21(28)26-22/h6-14H,5,15H2,1-4H3. The third-order valence-corrected chi connectivity index (χ3v) is 4.84. The van der Waals surface area contributed by atoms with Crippen LogP contribution < -0.4 is 0 Å². The van der Waals surface area contributed by atoms with Crippen molar-refractivity contribution >= 4 is 5.65 Å². The monoisotopic (exact) mass is 371 g/mol. The Hall–Kier alpha value is -3.05. The zero-order valence-electron chi connectivity index (χ0n) is 16.8. The highest BCUT2D eigenvalue weighted by Gasteiger charge is 2.17. The van der Waals surface area contributed by atoms with Crippen LogP contribution >= 0.6 is 0 Å². The van der Waals surface area contributed by atoms with E-state index in [-0.39, 0.29) is 0 Å². The summed E-state index contributed by atoms with van der Waals surface area (Å²) in [6.45, 7) is 4.96. The second-order valence-electron chi connectivity index (χ2n) is 7.35. The molecule has 0 bridgehead atoms. The number of imidazole rings is 1. The summed E-state index contributed by atoms with van der Waals surface area (Å²) in [5, 5.41) is 0. The molecule has 0 aliphatic rings. The molecule has 0 aliphatic carbocycles. The molecule has 4 aromatic rings. The van der Waals surface area contributed by atoms with Crippen molar-refractivity contribution in [3.05, 3.63) is 71.8 Å². The van der Waals surface area contributed by atoms with E-state index < -0.39 is 0 Å². The zero-order valence-corrected chi connectivity index (χ0v) is 16.8. The zero-order chi connectivity index (χ0) is 19.7. The maximum atomic E-state index is 5.00. The van der Waals surface area contributed by atoms with E-state index in [1.165, 1.54) is 11.1 Å². The molecule has 0 aliphatic heterocycles. The normalized spacial score (nSPS) is 11.5. The molecule has 0 fully saturated rings. The number of aryl methyl sites for hydroxylation is 2. The Kier molecular flexibility index (Phi) is 4.92. The molecular formula is C23H25N5. The van der Waals surface area contributed by atoms with Gasteiger partial charge in [-0.2, -0.15) is 0 Å². The van der Waals surface area contributed by atoms with E-state index in [0.717, 1.165) is 47.1 Å². The van der Waals surface area contributed by atoms with Gasteiger partial charge in [0.1, 0.15) is 11.5 Å². The van der Waals surface area contributed by atoms with Crippen molar-refractivity contribution in [2.24, 2.45) is 0 Å². The van der Waals surface area contributed by atoms with Crippen LogP contribution in [-0.4, -0.2) is 38.3 Å². The first kappa shape index (κ1) is 18.3. The first-order valence-electron chi connectivity index (χ1n) is 9.60. The fourth-order valence-corrected chi connectivity index (χ4v) is 3.48. The molecule has 4 rings (SSSR count). The number of rotatable bonds is 5. The van der Waals surface area contributed by atoms with Gasteiger partial charge >= 0.3 is 0 Å². The molecule has 142 valence electrons. The fourth-order valence-electron chi connectivity index (χ4n) is 3.48. The molecule has 5 heteroatoms. The quantitative estimate of drug-likeness (QED) is 0.522. The van der Waals surface area contributed by atoms with Crippen molar-refractivity contribution < 1.29 is 0 Å². The summed E-state index contributed by atoms with van der Waals surface area (Å²) >= 11 is 0. The lowest BCUT2D eigenvalue weighted by Gasteiger charge is -2.10. The largest absolute Gasteiger partial charge is 0.305 e. The smallest absolute Gasteiger partial charge is 0.138 e. The Bertz CT molecular complexity index is 1110. The first-order valence-corrected chi connectivity index (χ1v) is 9.60. The average Bonchev–Trinajstić information content (AvgIpc) is 3.06. The summed E-state index contributed by atoms with van der Waals surface area (Å²) in [7, 11) is 4.15. The summed E-state index contributed by atoms with van der Waals surface area (Å²) < 4.78 is 2.13. The number of pyridine rings is 1. The van der Waals surface area contributed by atoms with E-state index in [9.17, 15) is 0 Å². The lowest BCUT2D eigenvalue weighted by atomic mass is 10.1. The van der Waals surface area contributed by atoms with Crippen LogP contribution in [0.2, 0.25) is 0 Å². The van der Waals surface area contributed by atoms with Crippen molar-refractivity contribution in [2.45, 2.75) is 26.8 Å². The third kappa shape index (κ3) is 3.53. The minimum atomic E-state index is 0.754. The lowest BCUT2D eigenvalue weighted by Crippen LogP contribution is -2.10. The summed E-state index contributed by atoms with van der Waals surface area (Å²) in [6, 6.07) is 14.9. The highest BCUT2D eigenvalue weighted by Crippen LogP contribution is 2.32. The Balaban J connectivity index is 1.93. The summed E-state index contributed by atoms with van der Waals surface area (Å²) in [6.07, 6.45) is 4.93. The lowest BCUT2D eigenvalue weighted by molar-refractivity contribution is 0.402. The van der Waals surface area contributed by atoms with Crippen LogP contribution in [0.3, 0.4) is 0 Å². The van der Waals surface area contributed by atoms with E-state index >= 15 is 0 Å². The molecule has 3 heterocycles. The molecule has 0 atom stereocenters. The molecule has 0 unspecified atom stereocenters. The SMILES string of the molecule is CCc1ccc(-c2nc3cc(CN(C)C)ccn3c2-c2ccnc(C)n2)cc1. The van der Waals surface area contributed by atoms with Gasteiger partial charge in [-0.25, -0.2) is 15.0 Å². The van der Waals surface area contributed by atoms with Crippen LogP contribution in [-0.2, 0) is 13.0 Å². The second kappa shape index (κ2) is 7.52. The molecule has 5 nitrogen and oxygen atoms in total. The average molecular weight is 371 g/mol. The number of benzene rings is 1. The molecule has 0 spiro atoms. The van der Waals surface area contributed by atoms with Crippen molar-refractivity contribution in [1.29, 1.82) is 0 Å². The van der Waals surface area contributed by atoms with Crippen LogP contribution in [0.25, 0.3) is 28.3 Å². The number of hydrogen-bond donors (Lipinski definition) is 0. The van der Waals surface area contributed by atoms with Gasteiger partial charge in [-0.3, -0.25) is 4.40 Å². The predicted molar refractivity (Wildman–Crippen MR) is 113 cm³/mol. The van der Waals surface area contributed by atoms with Crippen molar-refractivity contribution in [2.75, 3.05) is 14.1 Å². The van der Waals surface area contributed by atoms with Gasteiger partial charge in [-0.05, 0) is 56.8 Å². The number of nitrogens with zero attached hydrogens (tertiary/aromatic N) is 5. The topological polar surface area (TPSA) is 46.3 Å². The van der Waals surface area contributed by atoms with Gasteiger partial charge < -0.3 is 4.90 Å². The Morgan fingerprint density at radius 3 is 2.43 bits per heavy atom. The molecule has 0 N–H and O–H groups in total. The molecule has 28 heavy (non-hydrogen) atoms. The van der Waals surface area contributed by atoms with E-state index in [1.54, 1.807) is 6.20 Å². The van der Waals surface area contributed by atoms with Crippen LogP contribution in [0.1, 0.15) is 23.9 Å². The van der Waals surface area contributed by atoms with Gasteiger partial charge in [0.2, 0.25) is 0 Å². The number of fused-ring (bicyclic) bond motifs is 1. The highest BCUT2D eigenvalue weighted by molar-refractivity contribution is 5.80. The maximum absolute atomic E-state index is 5.00. The first-order chi connectivity index (χ1) is 13.5. The molecule has 1 aromatic carbocycles. The maximum Gasteiger partial charge on any atom is 0.138 e. The Labute approximate surface area is 165 Å². The molecule has 0 amide bonds. The van der Waals surface area contributed by atoms with E-state index in [4.69, 9.17) is 4.98 Å². The van der Waals surface area contributed by atoms with Gasteiger partial charge in [0.05, 0.1) is 17.1 Å². The van der Waals surface area contributed by atoms with Gasteiger partial charge in [-0.1, -0.05) is 31.2 Å². The Morgan fingerprint density at radius 2 is 1.75 bits per heavy atom. The minimum absolute atomic E-state index is 0.754. The Morgan fingerprint density at radius 1 is 0.964 bits per heavy atom.